The Kier molecular flexibility index (Phi) is 4.91. The van der Waals surface area contributed by atoms with Crippen LogP contribution in [0.5, 0.6) is 5.75 Å². The molecule has 0 fully saturated rings. The first-order valence-corrected chi connectivity index (χ1v) is 6.80. The largest absolute Gasteiger partial charge is 0.491 e. The quantitative estimate of drug-likeness (QED) is 0.879. The van der Waals surface area contributed by atoms with Gasteiger partial charge in [-0.1, -0.05) is 30.3 Å². The highest BCUT2D eigenvalue weighted by molar-refractivity contribution is 5.35. The third kappa shape index (κ3) is 4.02. The van der Waals surface area contributed by atoms with Crippen molar-refractivity contribution in [2.45, 2.75) is 32.5 Å². The lowest BCUT2D eigenvalue weighted by Gasteiger charge is -2.14. The molecule has 1 atom stereocenters. The number of halogens is 2. The predicted molar refractivity (Wildman–Crippen MR) is 77.7 cm³/mol. The van der Waals surface area contributed by atoms with Crippen LogP contribution in [0.3, 0.4) is 0 Å². The summed E-state index contributed by atoms with van der Waals surface area (Å²) in [5.41, 5.74) is 0.995. The molecule has 0 spiro atoms. The number of ether oxygens (including phenoxy) is 1. The Bertz CT molecular complexity index is 580. The Morgan fingerprint density at radius 2 is 1.52 bits per heavy atom. The monoisotopic (exact) mass is 292 g/mol. The Hall–Kier alpha value is -1.94. The van der Waals surface area contributed by atoms with Crippen molar-refractivity contribution >= 4 is 0 Å². The second-order valence-electron chi connectivity index (χ2n) is 5.11. The highest BCUT2D eigenvalue weighted by atomic mass is 19.3. The van der Waals surface area contributed by atoms with Gasteiger partial charge < -0.3 is 9.84 Å². The molecule has 0 heterocycles. The Labute approximate surface area is 123 Å². The smallest absolute Gasteiger partial charge is 0.263 e. The third-order valence-corrected chi connectivity index (χ3v) is 3.05. The van der Waals surface area contributed by atoms with Gasteiger partial charge in [0.15, 0.2) is 0 Å². The lowest BCUT2D eigenvalue weighted by Crippen LogP contribution is -2.06. The number of aliphatic hydroxyl groups excluding tert-OH is 1. The summed E-state index contributed by atoms with van der Waals surface area (Å²) in [4.78, 5) is 0. The van der Waals surface area contributed by atoms with E-state index in [1.807, 2.05) is 13.8 Å². The predicted octanol–water partition coefficient (Wildman–Crippen LogP) is 4.49. The summed E-state index contributed by atoms with van der Waals surface area (Å²) in [6, 6.07) is 12.8. The number of rotatable bonds is 5. The van der Waals surface area contributed by atoms with Crippen molar-refractivity contribution in [2.75, 3.05) is 0 Å². The van der Waals surface area contributed by atoms with Gasteiger partial charge in [0, 0.05) is 5.56 Å². The molecule has 0 aliphatic rings. The maximum atomic E-state index is 12.7. The van der Waals surface area contributed by atoms with Gasteiger partial charge in [-0.05, 0) is 43.2 Å². The van der Waals surface area contributed by atoms with Crippen molar-refractivity contribution in [3.63, 3.8) is 0 Å². The number of benzene rings is 2. The average molecular weight is 292 g/mol. The summed E-state index contributed by atoms with van der Waals surface area (Å²) in [6.07, 6.45) is -3.40. The molecule has 0 radical (unpaired) electrons. The molecule has 0 saturated carbocycles. The number of alkyl halides is 2. The van der Waals surface area contributed by atoms with E-state index in [2.05, 4.69) is 0 Å². The molecule has 112 valence electrons. The van der Waals surface area contributed by atoms with Gasteiger partial charge in [-0.25, -0.2) is 8.78 Å². The summed E-state index contributed by atoms with van der Waals surface area (Å²) in [7, 11) is 0. The molecule has 1 unspecified atom stereocenters. The Morgan fingerprint density at radius 3 is 2.10 bits per heavy atom. The van der Waals surface area contributed by atoms with Crippen LogP contribution in [-0.2, 0) is 0 Å². The minimum absolute atomic E-state index is 0.0727. The lowest BCUT2D eigenvalue weighted by molar-refractivity contribution is 0.150. The van der Waals surface area contributed by atoms with E-state index in [4.69, 9.17) is 4.74 Å². The summed E-state index contributed by atoms with van der Waals surface area (Å²) < 4.78 is 30.9. The van der Waals surface area contributed by atoms with Crippen molar-refractivity contribution in [2.24, 2.45) is 0 Å². The highest BCUT2D eigenvalue weighted by Crippen LogP contribution is 2.27. The topological polar surface area (TPSA) is 29.5 Å². The number of aliphatic hydroxyl groups is 1. The van der Waals surface area contributed by atoms with E-state index in [1.165, 1.54) is 18.2 Å². The lowest BCUT2D eigenvalue weighted by atomic mass is 10.00. The molecule has 2 aromatic carbocycles. The maximum absolute atomic E-state index is 12.7. The van der Waals surface area contributed by atoms with Crippen molar-refractivity contribution in [3.8, 4) is 5.75 Å². The zero-order valence-electron chi connectivity index (χ0n) is 12.0. The first-order chi connectivity index (χ1) is 9.97. The molecule has 0 aliphatic heterocycles. The van der Waals surface area contributed by atoms with Crippen LogP contribution < -0.4 is 4.74 Å². The van der Waals surface area contributed by atoms with Crippen LogP contribution in [0.2, 0.25) is 0 Å². The highest BCUT2D eigenvalue weighted by Gasteiger charge is 2.14. The van der Waals surface area contributed by atoms with Gasteiger partial charge in [0.1, 0.15) is 11.9 Å². The normalized spacial score (nSPS) is 12.7. The van der Waals surface area contributed by atoms with Crippen LogP contribution in [0.1, 0.15) is 43.1 Å². The first kappa shape index (κ1) is 15.4. The molecule has 2 rings (SSSR count). The van der Waals surface area contributed by atoms with Crippen LogP contribution in [0, 0.1) is 0 Å². The molecule has 0 aliphatic carbocycles. The zero-order chi connectivity index (χ0) is 15.4. The van der Waals surface area contributed by atoms with E-state index >= 15 is 0 Å². The van der Waals surface area contributed by atoms with Crippen molar-refractivity contribution in [3.05, 3.63) is 65.2 Å². The summed E-state index contributed by atoms with van der Waals surface area (Å²) >= 11 is 0. The van der Waals surface area contributed by atoms with Crippen molar-refractivity contribution in [1.29, 1.82) is 0 Å². The zero-order valence-corrected chi connectivity index (χ0v) is 12.0. The van der Waals surface area contributed by atoms with Gasteiger partial charge >= 0.3 is 0 Å². The Morgan fingerprint density at radius 1 is 0.905 bits per heavy atom. The molecule has 0 aromatic heterocycles. The molecule has 2 nitrogen and oxygen atoms in total. The molecule has 0 saturated heterocycles. The molecule has 2 aromatic rings. The third-order valence-electron chi connectivity index (χ3n) is 3.05. The second kappa shape index (κ2) is 6.68. The Balaban J connectivity index is 2.19. The molecule has 21 heavy (non-hydrogen) atoms. The van der Waals surface area contributed by atoms with Gasteiger partial charge in [-0.3, -0.25) is 0 Å². The molecular formula is C17H18F2O2. The van der Waals surface area contributed by atoms with Crippen LogP contribution in [0.4, 0.5) is 8.78 Å². The van der Waals surface area contributed by atoms with Gasteiger partial charge in [0.05, 0.1) is 6.10 Å². The van der Waals surface area contributed by atoms with Crippen LogP contribution in [0.25, 0.3) is 0 Å². The van der Waals surface area contributed by atoms with E-state index < -0.39 is 12.5 Å². The minimum Gasteiger partial charge on any atom is -0.491 e. The molecule has 4 heteroatoms. The standard InChI is InChI=1S/C17H18F2O2/c1-11(2)21-15-8-6-12(7-9-15)16(20)13-4-3-5-14(10-13)17(18)19/h3-11,16-17,20H,1-2H3. The van der Waals surface area contributed by atoms with Crippen LogP contribution >= 0.6 is 0 Å². The van der Waals surface area contributed by atoms with Gasteiger partial charge in [0.25, 0.3) is 6.43 Å². The molecule has 1 N–H and O–H groups in total. The fraction of sp³-hybridized carbons (Fsp3) is 0.294. The fourth-order valence-corrected chi connectivity index (χ4v) is 2.06. The van der Waals surface area contributed by atoms with Gasteiger partial charge in [-0.15, -0.1) is 0 Å². The summed E-state index contributed by atoms with van der Waals surface area (Å²) in [5, 5.41) is 10.3. The van der Waals surface area contributed by atoms with E-state index in [-0.39, 0.29) is 11.7 Å². The number of hydrogen-bond acceptors (Lipinski definition) is 2. The molecule has 0 amide bonds. The van der Waals surface area contributed by atoms with E-state index in [0.29, 0.717) is 16.9 Å². The summed E-state index contributed by atoms with van der Waals surface area (Å²) in [6.45, 7) is 3.86. The second-order valence-corrected chi connectivity index (χ2v) is 5.11. The summed E-state index contributed by atoms with van der Waals surface area (Å²) in [5.74, 6) is 0.710. The van der Waals surface area contributed by atoms with E-state index in [0.717, 1.165) is 0 Å². The van der Waals surface area contributed by atoms with Crippen LogP contribution in [-0.4, -0.2) is 11.2 Å². The molecule has 0 bridgehead atoms. The van der Waals surface area contributed by atoms with Gasteiger partial charge in [-0.2, -0.15) is 0 Å². The first-order valence-electron chi connectivity index (χ1n) is 6.80. The minimum atomic E-state index is -2.54. The SMILES string of the molecule is CC(C)Oc1ccc(C(O)c2cccc(C(F)F)c2)cc1. The van der Waals surface area contributed by atoms with Crippen molar-refractivity contribution in [1.82, 2.24) is 0 Å². The number of hydrogen-bond donors (Lipinski definition) is 1. The van der Waals surface area contributed by atoms with Crippen molar-refractivity contribution < 1.29 is 18.6 Å². The van der Waals surface area contributed by atoms with E-state index in [9.17, 15) is 13.9 Å². The average Bonchev–Trinajstić information content (AvgIpc) is 2.47. The molecular weight excluding hydrogens is 274 g/mol. The van der Waals surface area contributed by atoms with E-state index in [1.54, 1.807) is 30.3 Å². The van der Waals surface area contributed by atoms with Crippen LogP contribution in [0.15, 0.2) is 48.5 Å². The fourth-order valence-electron chi connectivity index (χ4n) is 2.06. The van der Waals surface area contributed by atoms with Gasteiger partial charge in [0.2, 0.25) is 0 Å². The maximum Gasteiger partial charge on any atom is 0.263 e.